The van der Waals surface area contributed by atoms with Crippen molar-refractivity contribution < 1.29 is 23.1 Å². The number of sulfonamides is 1. The van der Waals surface area contributed by atoms with Crippen LogP contribution in [0.2, 0.25) is 0 Å². The zero-order chi connectivity index (χ0) is 14.5. The highest BCUT2D eigenvalue weighted by Crippen LogP contribution is 2.29. The van der Waals surface area contributed by atoms with Gasteiger partial charge in [0.25, 0.3) is 0 Å². The number of carboxylic acids is 1. The second-order valence-electron chi connectivity index (χ2n) is 4.50. The second kappa shape index (κ2) is 6.20. The maximum Gasteiger partial charge on any atom is 0.329 e. The standard InChI is InChI=1S/C10H19N3O5S/c1-11-19(17,18)7-6-12-9(16)13-10(8(14)15)4-2-3-5-10/h11H,2-7H2,1H3,(H,14,15)(H2,12,13,16). The van der Waals surface area contributed by atoms with Crippen LogP contribution in [0.3, 0.4) is 0 Å². The summed E-state index contributed by atoms with van der Waals surface area (Å²) in [5.41, 5.74) is -1.22. The molecule has 0 spiro atoms. The Bertz CT molecular complexity index is 442. The summed E-state index contributed by atoms with van der Waals surface area (Å²) in [4.78, 5) is 22.8. The Balaban J connectivity index is 2.44. The second-order valence-corrected chi connectivity index (χ2v) is 6.54. The van der Waals surface area contributed by atoms with E-state index in [-0.39, 0.29) is 12.3 Å². The number of rotatable bonds is 6. The monoisotopic (exact) mass is 293 g/mol. The number of amides is 2. The van der Waals surface area contributed by atoms with E-state index in [4.69, 9.17) is 5.11 Å². The molecule has 0 unspecified atom stereocenters. The van der Waals surface area contributed by atoms with Crippen molar-refractivity contribution in [2.24, 2.45) is 0 Å². The van der Waals surface area contributed by atoms with Crippen LogP contribution in [0.5, 0.6) is 0 Å². The highest BCUT2D eigenvalue weighted by Gasteiger charge is 2.42. The van der Waals surface area contributed by atoms with Gasteiger partial charge in [-0.05, 0) is 19.9 Å². The van der Waals surface area contributed by atoms with E-state index in [2.05, 4.69) is 15.4 Å². The van der Waals surface area contributed by atoms with Gasteiger partial charge in [0.15, 0.2) is 0 Å². The fourth-order valence-electron chi connectivity index (χ4n) is 2.03. The van der Waals surface area contributed by atoms with Gasteiger partial charge in [-0.3, -0.25) is 0 Å². The van der Waals surface area contributed by atoms with Crippen molar-refractivity contribution in [3.8, 4) is 0 Å². The number of carboxylic acid groups (broad SMARTS) is 1. The van der Waals surface area contributed by atoms with Crippen molar-refractivity contribution in [1.29, 1.82) is 0 Å². The first-order chi connectivity index (χ1) is 8.81. The quantitative estimate of drug-likeness (QED) is 0.512. The summed E-state index contributed by atoms with van der Waals surface area (Å²) in [7, 11) is -2.10. The van der Waals surface area contributed by atoms with Gasteiger partial charge in [0, 0.05) is 6.54 Å². The van der Waals surface area contributed by atoms with Gasteiger partial charge in [-0.2, -0.15) is 0 Å². The van der Waals surface area contributed by atoms with Crippen molar-refractivity contribution in [3.63, 3.8) is 0 Å². The Hall–Kier alpha value is -1.35. The summed E-state index contributed by atoms with van der Waals surface area (Å²) >= 11 is 0. The lowest BCUT2D eigenvalue weighted by atomic mass is 9.98. The third kappa shape index (κ3) is 4.35. The number of carbonyl (C=O) groups excluding carboxylic acids is 1. The van der Waals surface area contributed by atoms with Gasteiger partial charge < -0.3 is 15.7 Å². The van der Waals surface area contributed by atoms with Gasteiger partial charge in [0.2, 0.25) is 10.0 Å². The van der Waals surface area contributed by atoms with E-state index < -0.39 is 27.6 Å². The lowest BCUT2D eigenvalue weighted by Crippen LogP contribution is -2.55. The minimum Gasteiger partial charge on any atom is -0.480 e. The van der Waals surface area contributed by atoms with E-state index in [1.54, 1.807) is 0 Å². The van der Waals surface area contributed by atoms with Gasteiger partial charge in [-0.15, -0.1) is 0 Å². The molecular formula is C10H19N3O5S. The SMILES string of the molecule is CNS(=O)(=O)CCNC(=O)NC1(C(=O)O)CCCC1. The van der Waals surface area contributed by atoms with Gasteiger partial charge in [0.1, 0.15) is 5.54 Å². The number of aliphatic carboxylic acids is 1. The molecule has 4 N–H and O–H groups in total. The predicted octanol–water partition coefficient (Wildman–Crippen LogP) is -0.768. The fourth-order valence-corrected chi connectivity index (χ4v) is 2.61. The Morgan fingerprint density at radius 3 is 2.32 bits per heavy atom. The topological polar surface area (TPSA) is 125 Å². The van der Waals surface area contributed by atoms with Crippen LogP contribution >= 0.6 is 0 Å². The summed E-state index contributed by atoms with van der Waals surface area (Å²) < 4.78 is 24.4. The van der Waals surface area contributed by atoms with Crippen LogP contribution in [0.25, 0.3) is 0 Å². The fraction of sp³-hybridized carbons (Fsp3) is 0.800. The first-order valence-corrected chi connectivity index (χ1v) is 7.67. The normalized spacial score (nSPS) is 17.9. The Morgan fingerprint density at radius 1 is 1.26 bits per heavy atom. The Kier molecular flexibility index (Phi) is 5.12. The lowest BCUT2D eigenvalue weighted by molar-refractivity contribution is -0.144. The third-order valence-corrected chi connectivity index (χ3v) is 4.55. The Morgan fingerprint density at radius 2 is 1.84 bits per heavy atom. The van der Waals surface area contributed by atoms with Crippen LogP contribution in [0.15, 0.2) is 0 Å². The highest BCUT2D eigenvalue weighted by molar-refractivity contribution is 7.89. The number of carbonyl (C=O) groups is 2. The van der Waals surface area contributed by atoms with Gasteiger partial charge in [0.05, 0.1) is 5.75 Å². The molecule has 1 fully saturated rings. The first kappa shape index (κ1) is 15.7. The minimum atomic E-state index is -3.38. The average Bonchev–Trinajstić information content (AvgIpc) is 2.78. The van der Waals surface area contributed by atoms with Crippen molar-refractivity contribution in [3.05, 3.63) is 0 Å². The molecule has 0 saturated heterocycles. The molecule has 0 aromatic carbocycles. The molecule has 0 bridgehead atoms. The molecule has 0 aromatic heterocycles. The van der Waals surface area contributed by atoms with Crippen LogP contribution in [-0.2, 0) is 14.8 Å². The van der Waals surface area contributed by atoms with Crippen molar-refractivity contribution in [1.82, 2.24) is 15.4 Å². The largest absolute Gasteiger partial charge is 0.480 e. The lowest BCUT2D eigenvalue weighted by Gasteiger charge is -2.25. The van der Waals surface area contributed by atoms with Crippen LogP contribution in [0.4, 0.5) is 4.79 Å². The van der Waals surface area contributed by atoms with E-state index in [1.807, 2.05) is 0 Å². The van der Waals surface area contributed by atoms with Crippen molar-refractivity contribution >= 4 is 22.0 Å². The van der Waals surface area contributed by atoms with Gasteiger partial charge in [-0.1, -0.05) is 12.8 Å². The van der Waals surface area contributed by atoms with Crippen LogP contribution in [0, 0.1) is 0 Å². The molecule has 0 atom stereocenters. The number of nitrogens with one attached hydrogen (secondary N) is 3. The number of urea groups is 1. The molecule has 110 valence electrons. The molecule has 19 heavy (non-hydrogen) atoms. The Labute approximate surface area is 112 Å². The zero-order valence-electron chi connectivity index (χ0n) is 10.7. The molecule has 9 heteroatoms. The number of hydrogen-bond acceptors (Lipinski definition) is 4. The van der Waals surface area contributed by atoms with Gasteiger partial charge in [-0.25, -0.2) is 22.7 Å². The summed E-state index contributed by atoms with van der Waals surface area (Å²) in [5.74, 6) is -1.31. The molecule has 1 aliphatic carbocycles. The maximum absolute atomic E-state index is 11.6. The van der Waals surface area contributed by atoms with E-state index >= 15 is 0 Å². The van der Waals surface area contributed by atoms with Crippen LogP contribution in [0.1, 0.15) is 25.7 Å². The molecule has 2 amide bonds. The third-order valence-electron chi connectivity index (χ3n) is 3.19. The van der Waals surface area contributed by atoms with E-state index in [1.165, 1.54) is 7.05 Å². The summed E-state index contributed by atoms with van der Waals surface area (Å²) in [6.45, 7) is -0.0787. The molecule has 0 aromatic rings. The molecule has 8 nitrogen and oxygen atoms in total. The summed E-state index contributed by atoms with van der Waals surface area (Å²) in [6, 6.07) is -0.657. The first-order valence-electron chi connectivity index (χ1n) is 6.02. The van der Waals surface area contributed by atoms with Crippen LogP contribution < -0.4 is 15.4 Å². The molecule has 1 saturated carbocycles. The van der Waals surface area contributed by atoms with Gasteiger partial charge >= 0.3 is 12.0 Å². The molecule has 0 aliphatic heterocycles. The zero-order valence-corrected chi connectivity index (χ0v) is 11.5. The van der Waals surface area contributed by atoms with Crippen molar-refractivity contribution in [2.45, 2.75) is 31.2 Å². The molecule has 0 heterocycles. The average molecular weight is 293 g/mol. The molecule has 1 aliphatic rings. The highest BCUT2D eigenvalue weighted by atomic mass is 32.2. The summed E-state index contributed by atoms with van der Waals surface area (Å²) in [5, 5.41) is 13.9. The molecule has 1 rings (SSSR count). The minimum absolute atomic E-state index is 0.0787. The van der Waals surface area contributed by atoms with Crippen LogP contribution in [-0.4, -0.2) is 50.4 Å². The molecular weight excluding hydrogens is 274 g/mol. The molecule has 0 radical (unpaired) electrons. The van der Waals surface area contributed by atoms with E-state index in [9.17, 15) is 18.0 Å². The smallest absolute Gasteiger partial charge is 0.329 e. The maximum atomic E-state index is 11.6. The van der Waals surface area contributed by atoms with E-state index in [0.29, 0.717) is 12.8 Å². The summed E-state index contributed by atoms with van der Waals surface area (Å²) in [6.07, 6.45) is 2.29. The van der Waals surface area contributed by atoms with Crippen molar-refractivity contribution in [2.75, 3.05) is 19.3 Å². The van der Waals surface area contributed by atoms with E-state index in [0.717, 1.165) is 12.8 Å². The number of hydrogen-bond donors (Lipinski definition) is 4. The predicted molar refractivity (Wildman–Crippen MR) is 68.2 cm³/mol.